The molecular formula is C11H18N6S. The summed E-state index contributed by atoms with van der Waals surface area (Å²) in [5, 5.41) is 5.62. The number of nitrogen functional groups attached to an aromatic ring is 1. The van der Waals surface area contributed by atoms with Crippen LogP contribution in [0.4, 0.5) is 5.82 Å². The van der Waals surface area contributed by atoms with Crippen molar-refractivity contribution in [2.45, 2.75) is 31.3 Å². The predicted molar refractivity (Wildman–Crippen MR) is 75.2 cm³/mol. The Morgan fingerprint density at radius 3 is 2.94 bits per heavy atom. The molecule has 98 valence electrons. The molecule has 2 aromatic heterocycles. The zero-order valence-corrected chi connectivity index (χ0v) is 11.7. The molecule has 3 N–H and O–H groups in total. The van der Waals surface area contributed by atoms with Gasteiger partial charge in [0, 0.05) is 12.3 Å². The molecule has 0 saturated heterocycles. The number of aromatic nitrogens is 4. The monoisotopic (exact) mass is 266 g/mol. The summed E-state index contributed by atoms with van der Waals surface area (Å²) in [5.74, 6) is 7.69. The molecule has 2 aromatic rings. The highest BCUT2D eigenvalue weighted by Crippen LogP contribution is 2.22. The van der Waals surface area contributed by atoms with Crippen molar-refractivity contribution >= 4 is 28.6 Å². The Hall–Kier alpha value is -1.34. The summed E-state index contributed by atoms with van der Waals surface area (Å²) in [6.45, 7) is 4.38. The van der Waals surface area contributed by atoms with E-state index in [9.17, 15) is 0 Å². The van der Waals surface area contributed by atoms with Gasteiger partial charge in [0.2, 0.25) is 0 Å². The van der Waals surface area contributed by atoms with E-state index in [4.69, 9.17) is 5.84 Å². The van der Waals surface area contributed by atoms with Gasteiger partial charge in [-0.15, -0.1) is 0 Å². The maximum Gasteiger partial charge on any atom is 0.163 e. The molecule has 7 heteroatoms. The van der Waals surface area contributed by atoms with Crippen LogP contribution in [0.5, 0.6) is 0 Å². The fraction of sp³-hybridized carbons (Fsp3) is 0.545. The first kappa shape index (κ1) is 13.1. The number of thioether (sulfide) groups is 1. The van der Waals surface area contributed by atoms with Crippen molar-refractivity contribution in [3.8, 4) is 0 Å². The minimum atomic E-state index is 0.602. The van der Waals surface area contributed by atoms with E-state index in [0.29, 0.717) is 11.1 Å². The van der Waals surface area contributed by atoms with E-state index in [0.717, 1.165) is 29.0 Å². The van der Waals surface area contributed by atoms with Gasteiger partial charge in [0.15, 0.2) is 11.5 Å². The number of nitrogens with two attached hydrogens (primary N) is 1. The molecule has 2 heterocycles. The summed E-state index contributed by atoms with van der Waals surface area (Å²) in [5.41, 5.74) is 3.42. The van der Waals surface area contributed by atoms with Gasteiger partial charge >= 0.3 is 0 Å². The first-order chi connectivity index (χ1) is 8.65. The van der Waals surface area contributed by atoms with E-state index in [1.54, 1.807) is 10.9 Å². The number of fused-ring (bicyclic) bond motifs is 1. The molecule has 18 heavy (non-hydrogen) atoms. The van der Waals surface area contributed by atoms with Crippen LogP contribution >= 0.6 is 11.8 Å². The summed E-state index contributed by atoms with van der Waals surface area (Å²) >= 11 is 1.84. The van der Waals surface area contributed by atoms with Crippen LogP contribution in [-0.2, 0) is 12.8 Å². The largest absolute Gasteiger partial charge is 0.308 e. The summed E-state index contributed by atoms with van der Waals surface area (Å²) in [6.07, 6.45) is 2.86. The van der Waals surface area contributed by atoms with Gasteiger partial charge in [-0.05, 0) is 6.42 Å². The molecule has 0 radical (unpaired) electrons. The quantitative estimate of drug-likeness (QED) is 0.633. The Balaban J connectivity index is 2.31. The number of rotatable bonds is 5. The molecule has 2 rings (SSSR count). The standard InChI is InChI=1S/C11H18N6S/c1-4-7(2)18-6-9-14-10(16-12)8-5-13-17(3)11(8)15-9/h5,7H,4,6,12H2,1-3H3,(H,14,15,16). The first-order valence-corrected chi connectivity index (χ1v) is 6.97. The lowest BCUT2D eigenvalue weighted by atomic mass is 10.4. The zero-order valence-electron chi connectivity index (χ0n) is 10.8. The third-order valence-corrected chi connectivity index (χ3v) is 4.17. The van der Waals surface area contributed by atoms with Gasteiger partial charge in [0.25, 0.3) is 0 Å². The van der Waals surface area contributed by atoms with E-state index in [1.165, 1.54) is 0 Å². The average molecular weight is 266 g/mol. The van der Waals surface area contributed by atoms with Crippen LogP contribution in [0.25, 0.3) is 11.0 Å². The van der Waals surface area contributed by atoms with E-state index < -0.39 is 0 Å². The SMILES string of the molecule is CCC(C)SCc1nc(NN)c2cnn(C)c2n1. The smallest absolute Gasteiger partial charge is 0.163 e. The Morgan fingerprint density at radius 2 is 2.28 bits per heavy atom. The summed E-state index contributed by atoms with van der Waals surface area (Å²) in [6, 6.07) is 0. The van der Waals surface area contributed by atoms with Crippen LogP contribution in [0.15, 0.2) is 6.20 Å². The molecule has 0 amide bonds. The molecular weight excluding hydrogens is 248 g/mol. The molecule has 0 bridgehead atoms. The van der Waals surface area contributed by atoms with Crippen molar-refractivity contribution in [3.63, 3.8) is 0 Å². The molecule has 0 spiro atoms. The highest BCUT2D eigenvalue weighted by Gasteiger charge is 2.11. The van der Waals surface area contributed by atoms with Crippen molar-refractivity contribution in [2.75, 3.05) is 5.43 Å². The number of hydrogen-bond donors (Lipinski definition) is 2. The second-order valence-electron chi connectivity index (χ2n) is 4.17. The molecule has 6 nitrogen and oxygen atoms in total. The number of hydrogen-bond acceptors (Lipinski definition) is 6. The highest BCUT2D eigenvalue weighted by molar-refractivity contribution is 7.99. The molecule has 1 atom stereocenters. The second-order valence-corrected chi connectivity index (χ2v) is 5.59. The Morgan fingerprint density at radius 1 is 1.50 bits per heavy atom. The van der Waals surface area contributed by atoms with E-state index in [1.807, 2.05) is 18.8 Å². The van der Waals surface area contributed by atoms with Crippen LogP contribution in [0.3, 0.4) is 0 Å². The maximum atomic E-state index is 5.49. The van der Waals surface area contributed by atoms with Crippen molar-refractivity contribution in [1.29, 1.82) is 0 Å². The fourth-order valence-corrected chi connectivity index (χ4v) is 2.37. The van der Waals surface area contributed by atoms with Gasteiger partial charge < -0.3 is 5.43 Å². The molecule has 0 aromatic carbocycles. The topological polar surface area (TPSA) is 81.6 Å². The van der Waals surface area contributed by atoms with Gasteiger partial charge in [-0.2, -0.15) is 16.9 Å². The van der Waals surface area contributed by atoms with Gasteiger partial charge in [0.1, 0.15) is 5.82 Å². The van der Waals surface area contributed by atoms with E-state index in [2.05, 4.69) is 34.3 Å². The fourth-order valence-electron chi connectivity index (χ4n) is 1.58. The number of aryl methyl sites for hydroxylation is 1. The minimum Gasteiger partial charge on any atom is -0.308 e. The lowest BCUT2D eigenvalue weighted by molar-refractivity contribution is 0.782. The van der Waals surface area contributed by atoms with Gasteiger partial charge in [-0.1, -0.05) is 13.8 Å². The third kappa shape index (κ3) is 2.56. The van der Waals surface area contributed by atoms with Crippen LogP contribution in [0.2, 0.25) is 0 Å². The molecule has 1 unspecified atom stereocenters. The van der Waals surface area contributed by atoms with Crippen molar-refractivity contribution in [3.05, 3.63) is 12.0 Å². The number of hydrazine groups is 1. The Bertz CT molecular complexity index is 538. The highest BCUT2D eigenvalue weighted by atomic mass is 32.2. The Labute approximate surface area is 110 Å². The molecule has 0 aliphatic rings. The van der Waals surface area contributed by atoms with Crippen molar-refractivity contribution in [1.82, 2.24) is 19.7 Å². The van der Waals surface area contributed by atoms with Gasteiger partial charge in [0.05, 0.1) is 17.3 Å². The summed E-state index contributed by atoms with van der Waals surface area (Å²) in [7, 11) is 1.86. The number of anilines is 1. The normalized spacial score (nSPS) is 12.9. The van der Waals surface area contributed by atoms with Crippen LogP contribution in [-0.4, -0.2) is 25.0 Å². The van der Waals surface area contributed by atoms with Gasteiger partial charge in [-0.25, -0.2) is 15.8 Å². The average Bonchev–Trinajstić information content (AvgIpc) is 2.77. The second kappa shape index (κ2) is 5.53. The molecule has 0 saturated carbocycles. The van der Waals surface area contributed by atoms with Crippen LogP contribution < -0.4 is 11.3 Å². The molecule has 0 aliphatic carbocycles. The number of nitrogens with zero attached hydrogens (tertiary/aromatic N) is 4. The Kier molecular flexibility index (Phi) is 4.03. The summed E-state index contributed by atoms with van der Waals surface area (Å²) in [4.78, 5) is 8.94. The third-order valence-electron chi connectivity index (χ3n) is 2.85. The minimum absolute atomic E-state index is 0.602. The number of nitrogens with one attached hydrogen (secondary N) is 1. The first-order valence-electron chi connectivity index (χ1n) is 5.92. The van der Waals surface area contributed by atoms with Crippen molar-refractivity contribution < 1.29 is 0 Å². The van der Waals surface area contributed by atoms with Gasteiger partial charge in [-0.3, -0.25) is 4.68 Å². The van der Waals surface area contributed by atoms with Crippen LogP contribution in [0.1, 0.15) is 26.1 Å². The maximum absolute atomic E-state index is 5.49. The van der Waals surface area contributed by atoms with Crippen molar-refractivity contribution in [2.24, 2.45) is 12.9 Å². The molecule has 0 aliphatic heterocycles. The zero-order chi connectivity index (χ0) is 13.1. The predicted octanol–water partition coefficient (Wildman–Crippen LogP) is 1.68. The molecule has 0 fully saturated rings. The summed E-state index contributed by atoms with van der Waals surface area (Å²) < 4.78 is 1.73. The van der Waals surface area contributed by atoms with E-state index >= 15 is 0 Å². The lowest BCUT2D eigenvalue weighted by Gasteiger charge is -2.08. The van der Waals surface area contributed by atoms with Crippen LogP contribution in [0, 0.1) is 0 Å². The lowest BCUT2D eigenvalue weighted by Crippen LogP contribution is -2.11. The van der Waals surface area contributed by atoms with E-state index in [-0.39, 0.29) is 0 Å².